The van der Waals surface area contributed by atoms with Gasteiger partial charge in [0.2, 0.25) is 11.2 Å². The molecule has 2 aromatic heterocycles. The van der Waals surface area contributed by atoms with E-state index in [0.29, 0.717) is 17.3 Å². The van der Waals surface area contributed by atoms with Crippen molar-refractivity contribution in [2.24, 2.45) is 0 Å². The van der Waals surface area contributed by atoms with Crippen LogP contribution in [0.4, 0.5) is 11.5 Å². The summed E-state index contributed by atoms with van der Waals surface area (Å²) in [7, 11) is 0. The zero-order valence-electron chi connectivity index (χ0n) is 9.75. The summed E-state index contributed by atoms with van der Waals surface area (Å²) >= 11 is 5.83. The summed E-state index contributed by atoms with van der Waals surface area (Å²) in [4.78, 5) is 12.2. The van der Waals surface area contributed by atoms with E-state index in [9.17, 15) is 0 Å². The predicted octanol–water partition coefficient (Wildman–Crippen LogP) is 3.53. The molecule has 0 bridgehead atoms. The molecule has 0 aliphatic heterocycles. The maximum atomic E-state index is 5.83. The van der Waals surface area contributed by atoms with Crippen LogP contribution in [0.15, 0.2) is 53.4 Å². The number of oxazole rings is 1. The van der Waals surface area contributed by atoms with Gasteiger partial charge in [0.05, 0.1) is 11.8 Å². The summed E-state index contributed by atoms with van der Waals surface area (Å²) in [5.74, 6) is 0.990. The number of rotatable bonds is 3. The average molecular weight is 273 g/mol. The molecule has 0 saturated heterocycles. The van der Waals surface area contributed by atoms with E-state index >= 15 is 0 Å². The Kier molecular flexibility index (Phi) is 3.12. The lowest BCUT2D eigenvalue weighted by atomic mass is 10.2. The molecule has 6 heteroatoms. The summed E-state index contributed by atoms with van der Waals surface area (Å²) < 4.78 is 5.26. The molecule has 2 heterocycles. The van der Waals surface area contributed by atoms with E-state index in [1.54, 1.807) is 12.4 Å². The van der Waals surface area contributed by atoms with Crippen LogP contribution in [0.1, 0.15) is 0 Å². The molecule has 94 valence electrons. The predicted molar refractivity (Wildman–Crippen MR) is 72.3 cm³/mol. The van der Waals surface area contributed by atoms with Gasteiger partial charge in [-0.15, -0.1) is 0 Å². The number of benzene rings is 1. The molecule has 0 radical (unpaired) electrons. The van der Waals surface area contributed by atoms with Crippen LogP contribution in [-0.2, 0) is 0 Å². The third kappa shape index (κ3) is 2.56. The smallest absolute Gasteiger partial charge is 0.231 e. The molecule has 1 aromatic carbocycles. The molecule has 3 aromatic rings. The van der Waals surface area contributed by atoms with Crippen LogP contribution < -0.4 is 5.32 Å². The number of nitrogens with zero attached hydrogens (tertiary/aromatic N) is 3. The Morgan fingerprint density at radius 2 is 1.95 bits per heavy atom. The minimum absolute atomic E-state index is 0.161. The van der Waals surface area contributed by atoms with Crippen molar-refractivity contribution in [2.75, 3.05) is 5.32 Å². The highest BCUT2D eigenvalue weighted by atomic mass is 35.5. The maximum absolute atomic E-state index is 5.83. The van der Waals surface area contributed by atoms with Gasteiger partial charge in [0, 0.05) is 11.9 Å². The van der Waals surface area contributed by atoms with Gasteiger partial charge in [0.15, 0.2) is 0 Å². The SMILES string of the molecule is Clc1ncc(-c2ncco2)c(Nc2ccccc2)n1. The first-order chi connectivity index (χ1) is 9.33. The fourth-order valence-corrected chi connectivity index (χ4v) is 1.76. The van der Waals surface area contributed by atoms with Gasteiger partial charge >= 0.3 is 0 Å². The lowest BCUT2D eigenvalue weighted by Gasteiger charge is -2.08. The molecular weight excluding hydrogens is 264 g/mol. The van der Waals surface area contributed by atoms with Crippen molar-refractivity contribution in [3.63, 3.8) is 0 Å². The number of hydrogen-bond acceptors (Lipinski definition) is 5. The Balaban J connectivity index is 2.02. The maximum Gasteiger partial charge on any atom is 0.231 e. The molecule has 3 rings (SSSR count). The van der Waals surface area contributed by atoms with Crippen molar-refractivity contribution in [1.82, 2.24) is 15.0 Å². The van der Waals surface area contributed by atoms with Crippen molar-refractivity contribution in [3.8, 4) is 11.5 Å². The summed E-state index contributed by atoms with van der Waals surface area (Å²) in [6, 6.07) is 9.64. The highest BCUT2D eigenvalue weighted by Gasteiger charge is 2.12. The second-order valence-corrected chi connectivity index (χ2v) is 4.07. The van der Waals surface area contributed by atoms with Crippen molar-refractivity contribution in [2.45, 2.75) is 0 Å². The van der Waals surface area contributed by atoms with Crippen molar-refractivity contribution >= 4 is 23.1 Å². The van der Waals surface area contributed by atoms with Gasteiger partial charge in [-0.25, -0.2) is 9.97 Å². The van der Waals surface area contributed by atoms with Gasteiger partial charge in [-0.05, 0) is 23.7 Å². The molecule has 0 fully saturated rings. The van der Waals surface area contributed by atoms with E-state index in [-0.39, 0.29) is 5.28 Å². The van der Waals surface area contributed by atoms with Crippen molar-refractivity contribution in [1.29, 1.82) is 0 Å². The van der Waals surface area contributed by atoms with Crippen LogP contribution in [0.3, 0.4) is 0 Å². The quantitative estimate of drug-likeness (QED) is 0.739. The minimum atomic E-state index is 0.161. The number of para-hydroxylation sites is 1. The second-order valence-electron chi connectivity index (χ2n) is 3.73. The molecule has 0 saturated carbocycles. The monoisotopic (exact) mass is 272 g/mol. The molecule has 5 nitrogen and oxygen atoms in total. The van der Waals surface area contributed by atoms with Crippen LogP contribution in [0.25, 0.3) is 11.5 Å². The highest BCUT2D eigenvalue weighted by Crippen LogP contribution is 2.27. The first-order valence-electron chi connectivity index (χ1n) is 5.57. The Hall–Kier alpha value is -2.40. The average Bonchev–Trinajstić information content (AvgIpc) is 2.94. The third-order valence-electron chi connectivity index (χ3n) is 2.46. The first-order valence-corrected chi connectivity index (χ1v) is 5.95. The molecule has 0 spiro atoms. The zero-order chi connectivity index (χ0) is 13.1. The number of anilines is 2. The molecule has 0 amide bonds. The first kappa shape index (κ1) is 11.7. The standard InChI is InChI=1S/C13H9ClN4O/c14-13-16-8-10(12-15-6-7-19-12)11(18-13)17-9-4-2-1-3-5-9/h1-8H,(H,16,17,18). The van der Waals surface area contributed by atoms with Crippen molar-refractivity contribution < 1.29 is 4.42 Å². The number of hydrogen-bond donors (Lipinski definition) is 1. The van der Waals surface area contributed by atoms with Gasteiger partial charge in [-0.1, -0.05) is 18.2 Å². The molecule has 19 heavy (non-hydrogen) atoms. The highest BCUT2D eigenvalue weighted by molar-refractivity contribution is 6.28. The lowest BCUT2D eigenvalue weighted by Crippen LogP contribution is -1.98. The fraction of sp³-hybridized carbons (Fsp3) is 0. The number of nitrogens with one attached hydrogen (secondary N) is 1. The topological polar surface area (TPSA) is 63.8 Å². The van der Waals surface area contributed by atoms with E-state index in [1.807, 2.05) is 30.3 Å². The number of halogens is 1. The fourth-order valence-electron chi connectivity index (χ4n) is 1.63. The van der Waals surface area contributed by atoms with Crippen LogP contribution in [0.5, 0.6) is 0 Å². The number of aromatic nitrogens is 3. The lowest BCUT2D eigenvalue weighted by molar-refractivity contribution is 0.574. The van der Waals surface area contributed by atoms with E-state index in [4.69, 9.17) is 16.0 Å². The van der Waals surface area contributed by atoms with Crippen molar-refractivity contribution in [3.05, 3.63) is 54.3 Å². The zero-order valence-corrected chi connectivity index (χ0v) is 10.5. The Bertz CT molecular complexity index is 670. The summed E-state index contributed by atoms with van der Waals surface area (Å²) in [5, 5.41) is 3.33. The van der Waals surface area contributed by atoms with Gasteiger partial charge < -0.3 is 9.73 Å². The largest absolute Gasteiger partial charge is 0.444 e. The van der Waals surface area contributed by atoms with Crippen LogP contribution in [-0.4, -0.2) is 15.0 Å². The molecule has 0 aliphatic carbocycles. The summed E-state index contributed by atoms with van der Waals surface area (Å²) in [5.41, 5.74) is 1.54. The normalized spacial score (nSPS) is 10.4. The minimum Gasteiger partial charge on any atom is -0.444 e. The van der Waals surface area contributed by atoms with Gasteiger partial charge in [0.25, 0.3) is 0 Å². The molecule has 0 aliphatic rings. The third-order valence-corrected chi connectivity index (χ3v) is 2.64. The second kappa shape index (κ2) is 5.07. The molecular formula is C13H9ClN4O. The Morgan fingerprint density at radius 1 is 1.11 bits per heavy atom. The summed E-state index contributed by atoms with van der Waals surface area (Å²) in [6.07, 6.45) is 4.64. The Morgan fingerprint density at radius 3 is 2.68 bits per heavy atom. The van der Waals surface area contributed by atoms with Crippen LogP contribution in [0, 0.1) is 0 Å². The van der Waals surface area contributed by atoms with E-state index in [2.05, 4.69) is 20.3 Å². The summed E-state index contributed by atoms with van der Waals surface area (Å²) in [6.45, 7) is 0. The van der Waals surface area contributed by atoms with E-state index in [1.165, 1.54) is 6.26 Å². The van der Waals surface area contributed by atoms with Gasteiger partial charge in [-0.3, -0.25) is 0 Å². The molecule has 0 unspecified atom stereocenters. The van der Waals surface area contributed by atoms with Crippen LogP contribution in [0.2, 0.25) is 5.28 Å². The van der Waals surface area contributed by atoms with Crippen LogP contribution >= 0.6 is 11.6 Å². The molecule has 1 N–H and O–H groups in total. The molecule has 0 atom stereocenters. The van der Waals surface area contributed by atoms with E-state index in [0.717, 1.165) is 5.69 Å². The van der Waals surface area contributed by atoms with Gasteiger partial charge in [0.1, 0.15) is 12.1 Å². The van der Waals surface area contributed by atoms with Gasteiger partial charge in [-0.2, -0.15) is 4.98 Å². The van der Waals surface area contributed by atoms with E-state index < -0.39 is 0 Å². The Labute approximate surface area is 114 Å².